The molecular formula is C22H24N4O. The number of imidazole rings is 1. The number of carbonyl (C=O) groups excluding carboxylic acids is 1. The molecule has 3 aromatic rings. The highest BCUT2D eigenvalue weighted by atomic mass is 16.2. The first-order valence-corrected chi connectivity index (χ1v) is 9.48. The molecule has 0 radical (unpaired) electrons. The van der Waals surface area contributed by atoms with Gasteiger partial charge in [-0.1, -0.05) is 48.5 Å². The largest absolute Gasteiger partial charge is 0.349 e. The van der Waals surface area contributed by atoms with E-state index in [0.29, 0.717) is 12.2 Å². The van der Waals surface area contributed by atoms with E-state index in [1.807, 2.05) is 41.0 Å². The summed E-state index contributed by atoms with van der Waals surface area (Å²) in [6, 6.07) is 20.4. The molecule has 2 aromatic carbocycles. The zero-order chi connectivity index (χ0) is 18.5. The first-order valence-electron chi connectivity index (χ1n) is 9.48. The van der Waals surface area contributed by atoms with Crippen LogP contribution in [0.2, 0.25) is 0 Å². The highest BCUT2D eigenvalue weighted by Crippen LogP contribution is 2.24. The van der Waals surface area contributed by atoms with Crippen molar-refractivity contribution in [3.63, 3.8) is 0 Å². The molecule has 1 fully saturated rings. The zero-order valence-electron chi connectivity index (χ0n) is 15.3. The maximum Gasteiger partial charge on any atom is 0.269 e. The summed E-state index contributed by atoms with van der Waals surface area (Å²) >= 11 is 0. The van der Waals surface area contributed by atoms with E-state index in [1.54, 1.807) is 12.5 Å². The molecule has 5 nitrogen and oxygen atoms in total. The van der Waals surface area contributed by atoms with Gasteiger partial charge in [-0.3, -0.25) is 14.3 Å². The predicted molar refractivity (Wildman–Crippen MR) is 106 cm³/mol. The molecule has 0 saturated carbocycles. The van der Waals surface area contributed by atoms with Crippen LogP contribution in [0.15, 0.2) is 73.2 Å². The van der Waals surface area contributed by atoms with Crippen LogP contribution in [0.5, 0.6) is 0 Å². The van der Waals surface area contributed by atoms with Gasteiger partial charge in [0.05, 0.1) is 18.6 Å². The lowest BCUT2D eigenvalue weighted by Crippen LogP contribution is -2.37. The monoisotopic (exact) mass is 360 g/mol. The number of likely N-dealkylation sites (tertiary alicyclic amines) is 1. The number of hydrogen-bond acceptors (Lipinski definition) is 3. The van der Waals surface area contributed by atoms with Gasteiger partial charge in [0, 0.05) is 12.2 Å². The lowest BCUT2D eigenvalue weighted by atomic mass is 10.1. The van der Waals surface area contributed by atoms with Crippen molar-refractivity contribution in [1.82, 2.24) is 19.8 Å². The fourth-order valence-corrected chi connectivity index (χ4v) is 3.72. The number of nitrogens with one attached hydrogen (secondary N) is 1. The van der Waals surface area contributed by atoms with Gasteiger partial charge in [0.25, 0.3) is 5.91 Å². The van der Waals surface area contributed by atoms with Crippen molar-refractivity contribution in [2.24, 2.45) is 0 Å². The third-order valence-electron chi connectivity index (χ3n) is 5.13. The number of amides is 1. The second-order valence-electron chi connectivity index (χ2n) is 6.86. The van der Waals surface area contributed by atoms with Crippen molar-refractivity contribution in [2.45, 2.75) is 18.9 Å². The van der Waals surface area contributed by atoms with Gasteiger partial charge in [0.2, 0.25) is 0 Å². The maximum atomic E-state index is 12.9. The van der Waals surface area contributed by atoms with Crippen molar-refractivity contribution in [2.75, 3.05) is 19.6 Å². The van der Waals surface area contributed by atoms with E-state index in [9.17, 15) is 4.79 Å². The summed E-state index contributed by atoms with van der Waals surface area (Å²) in [5.41, 5.74) is 2.73. The minimum absolute atomic E-state index is 0.100. The molecule has 4 rings (SSSR count). The number of carbonyl (C=O) groups is 1. The van der Waals surface area contributed by atoms with Crippen molar-refractivity contribution < 1.29 is 4.79 Å². The molecule has 0 bridgehead atoms. The van der Waals surface area contributed by atoms with Gasteiger partial charge in [0.1, 0.15) is 5.69 Å². The normalized spacial score (nSPS) is 15.6. The fraction of sp³-hybridized carbons (Fsp3) is 0.273. The van der Waals surface area contributed by atoms with E-state index in [0.717, 1.165) is 18.8 Å². The number of nitrogens with zero attached hydrogens (tertiary/aromatic N) is 3. The number of benzene rings is 2. The van der Waals surface area contributed by atoms with E-state index in [-0.39, 0.29) is 11.9 Å². The molecule has 1 amide bonds. The second-order valence-corrected chi connectivity index (χ2v) is 6.86. The topological polar surface area (TPSA) is 50.2 Å². The van der Waals surface area contributed by atoms with Gasteiger partial charge in [0.15, 0.2) is 0 Å². The summed E-state index contributed by atoms with van der Waals surface area (Å²) in [6.07, 6.45) is 5.74. The molecule has 1 aliphatic heterocycles. The first-order chi connectivity index (χ1) is 13.3. The van der Waals surface area contributed by atoms with Gasteiger partial charge in [-0.15, -0.1) is 0 Å². The number of hydrogen-bond donors (Lipinski definition) is 1. The Labute approximate surface area is 159 Å². The summed E-state index contributed by atoms with van der Waals surface area (Å²) in [5, 5.41) is 3.13. The van der Waals surface area contributed by atoms with E-state index in [1.165, 1.54) is 18.4 Å². The van der Waals surface area contributed by atoms with Crippen LogP contribution < -0.4 is 5.32 Å². The Balaban J connectivity index is 1.50. The Morgan fingerprint density at radius 3 is 2.37 bits per heavy atom. The van der Waals surface area contributed by atoms with Crippen LogP contribution in [-0.2, 0) is 0 Å². The van der Waals surface area contributed by atoms with Gasteiger partial charge >= 0.3 is 0 Å². The predicted octanol–water partition coefficient (Wildman–Crippen LogP) is 3.44. The Morgan fingerprint density at radius 1 is 1.00 bits per heavy atom. The number of rotatable bonds is 6. The minimum atomic E-state index is -0.100. The van der Waals surface area contributed by atoms with E-state index < -0.39 is 0 Å². The van der Waals surface area contributed by atoms with Crippen molar-refractivity contribution in [3.05, 3.63) is 84.4 Å². The average Bonchev–Trinajstić information content (AvgIpc) is 3.42. The van der Waals surface area contributed by atoms with Crippen LogP contribution in [0, 0.1) is 0 Å². The Bertz CT molecular complexity index is 870. The van der Waals surface area contributed by atoms with Crippen LogP contribution in [0.1, 0.15) is 34.9 Å². The summed E-state index contributed by atoms with van der Waals surface area (Å²) in [7, 11) is 0. The van der Waals surface area contributed by atoms with Crippen molar-refractivity contribution in [1.29, 1.82) is 0 Å². The molecule has 5 heteroatoms. The Hall–Kier alpha value is -2.92. The lowest BCUT2D eigenvalue weighted by molar-refractivity contribution is 0.0931. The van der Waals surface area contributed by atoms with E-state index >= 15 is 0 Å². The first kappa shape index (κ1) is 17.5. The fourth-order valence-electron chi connectivity index (χ4n) is 3.72. The van der Waals surface area contributed by atoms with Gasteiger partial charge in [-0.05, 0) is 43.6 Å². The molecule has 1 unspecified atom stereocenters. The smallest absolute Gasteiger partial charge is 0.269 e. The molecule has 0 spiro atoms. The van der Waals surface area contributed by atoms with Crippen LogP contribution in [0.3, 0.4) is 0 Å². The molecule has 138 valence electrons. The molecule has 2 heterocycles. The third-order valence-corrected chi connectivity index (χ3v) is 5.13. The molecule has 1 aromatic heterocycles. The van der Waals surface area contributed by atoms with Gasteiger partial charge in [-0.25, -0.2) is 4.98 Å². The summed E-state index contributed by atoms with van der Waals surface area (Å²) < 4.78 is 1.82. The average molecular weight is 360 g/mol. The quantitative estimate of drug-likeness (QED) is 0.733. The highest BCUT2D eigenvalue weighted by Gasteiger charge is 2.24. The molecular weight excluding hydrogens is 336 g/mol. The second kappa shape index (κ2) is 8.18. The Morgan fingerprint density at radius 2 is 1.67 bits per heavy atom. The lowest BCUT2D eigenvalue weighted by Gasteiger charge is -2.28. The standard InChI is InChI=1S/C22H24N4O/c27-22(21-15-23-17-26(21)19-11-5-2-6-12-19)24-16-20(25-13-7-8-14-25)18-9-3-1-4-10-18/h1-6,9-12,15,17,20H,7-8,13-14,16H2,(H,24,27). The van der Waals surface area contributed by atoms with Crippen LogP contribution in [0.25, 0.3) is 5.69 Å². The maximum absolute atomic E-state index is 12.9. The number of para-hydroxylation sites is 1. The van der Waals surface area contributed by atoms with Crippen LogP contribution >= 0.6 is 0 Å². The van der Waals surface area contributed by atoms with Crippen molar-refractivity contribution >= 4 is 5.91 Å². The van der Waals surface area contributed by atoms with E-state index in [4.69, 9.17) is 0 Å². The molecule has 0 aliphatic carbocycles. The molecule has 1 N–H and O–H groups in total. The summed E-state index contributed by atoms with van der Waals surface area (Å²) in [5.74, 6) is -0.100. The summed E-state index contributed by atoms with van der Waals surface area (Å²) in [4.78, 5) is 19.5. The SMILES string of the molecule is O=C(NCC(c1ccccc1)N1CCCC1)c1cncn1-c1ccccc1. The Kier molecular flexibility index (Phi) is 5.30. The molecule has 1 saturated heterocycles. The third kappa shape index (κ3) is 3.93. The van der Waals surface area contributed by atoms with Crippen LogP contribution in [0.4, 0.5) is 0 Å². The molecule has 1 aliphatic rings. The van der Waals surface area contributed by atoms with Crippen LogP contribution in [-0.4, -0.2) is 40.0 Å². The van der Waals surface area contributed by atoms with Gasteiger partial charge < -0.3 is 5.32 Å². The minimum Gasteiger partial charge on any atom is -0.349 e. The summed E-state index contributed by atoms with van der Waals surface area (Å²) in [6.45, 7) is 2.75. The van der Waals surface area contributed by atoms with Gasteiger partial charge in [-0.2, -0.15) is 0 Å². The zero-order valence-corrected chi connectivity index (χ0v) is 15.3. The van der Waals surface area contributed by atoms with Crippen molar-refractivity contribution in [3.8, 4) is 5.69 Å². The van der Waals surface area contributed by atoms with E-state index in [2.05, 4.69) is 39.5 Å². The molecule has 27 heavy (non-hydrogen) atoms. The molecule has 1 atom stereocenters. The number of aromatic nitrogens is 2. The highest BCUT2D eigenvalue weighted by molar-refractivity contribution is 5.93.